The SMILES string of the molecule is Cc1nsc(NN)c1[N+](=O)[O-]. The van der Waals surface area contributed by atoms with Crippen LogP contribution in [-0.4, -0.2) is 9.30 Å². The molecule has 7 heteroatoms. The molecule has 0 saturated heterocycles. The Balaban J connectivity index is 3.17. The molecule has 0 fully saturated rings. The summed E-state index contributed by atoms with van der Waals surface area (Å²) in [6.07, 6.45) is 0. The predicted octanol–water partition coefficient (Wildman–Crippen LogP) is 0.645. The first kappa shape index (κ1) is 7.89. The van der Waals surface area contributed by atoms with Crippen molar-refractivity contribution < 1.29 is 4.92 Å². The number of nitro groups is 1. The molecule has 11 heavy (non-hydrogen) atoms. The average molecular weight is 174 g/mol. The highest BCUT2D eigenvalue weighted by molar-refractivity contribution is 7.10. The van der Waals surface area contributed by atoms with Gasteiger partial charge < -0.3 is 5.43 Å². The fourth-order valence-corrected chi connectivity index (χ4v) is 1.35. The summed E-state index contributed by atoms with van der Waals surface area (Å²) in [5, 5.41) is 10.6. The van der Waals surface area contributed by atoms with Crippen molar-refractivity contribution in [2.24, 2.45) is 5.84 Å². The summed E-state index contributed by atoms with van der Waals surface area (Å²) in [4.78, 5) is 9.83. The molecule has 0 aliphatic carbocycles. The Morgan fingerprint density at radius 2 is 2.45 bits per heavy atom. The quantitative estimate of drug-likeness (QED) is 0.390. The largest absolute Gasteiger partial charge is 0.327 e. The zero-order valence-electron chi connectivity index (χ0n) is 5.70. The number of nitrogens with zero attached hydrogens (tertiary/aromatic N) is 2. The molecule has 0 radical (unpaired) electrons. The molecule has 60 valence electrons. The highest BCUT2D eigenvalue weighted by Crippen LogP contribution is 2.30. The predicted molar refractivity (Wildman–Crippen MR) is 41.3 cm³/mol. The molecule has 1 aromatic heterocycles. The Kier molecular flexibility index (Phi) is 2.01. The molecule has 6 nitrogen and oxygen atoms in total. The normalized spacial score (nSPS) is 9.64. The van der Waals surface area contributed by atoms with Crippen molar-refractivity contribution in [3.63, 3.8) is 0 Å². The lowest BCUT2D eigenvalue weighted by Crippen LogP contribution is -2.06. The number of aromatic nitrogens is 1. The molecule has 0 amide bonds. The molecular weight excluding hydrogens is 168 g/mol. The van der Waals surface area contributed by atoms with Gasteiger partial charge in [-0.1, -0.05) is 0 Å². The number of hydrogen-bond donors (Lipinski definition) is 2. The molecule has 0 bridgehead atoms. The van der Waals surface area contributed by atoms with E-state index >= 15 is 0 Å². The van der Waals surface area contributed by atoms with Crippen molar-refractivity contribution in [2.45, 2.75) is 6.92 Å². The molecule has 1 rings (SSSR count). The first-order valence-corrected chi connectivity index (χ1v) is 3.51. The minimum absolute atomic E-state index is 0.0440. The maximum atomic E-state index is 10.3. The van der Waals surface area contributed by atoms with Crippen LogP contribution >= 0.6 is 11.5 Å². The molecule has 0 spiro atoms. The first-order chi connectivity index (χ1) is 5.16. The third-order valence-corrected chi connectivity index (χ3v) is 2.00. The van der Waals surface area contributed by atoms with Crippen molar-refractivity contribution >= 4 is 22.2 Å². The topological polar surface area (TPSA) is 94.1 Å². The number of nitrogen functional groups attached to an aromatic ring is 1. The van der Waals surface area contributed by atoms with E-state index in [1.54, 1.807) is 6.92 Å². The number of nitrogens with two attached hydrogens (primary N) is 1. The molecule has 0 unspecified atom stereocenters. The van der Waals surface area contributed by atoms with Crippen LogP contribution < -0.4 is 11.3 Å². The van der Waals surface area contributed by atoms with E-state index in [-0.39, 0.29) is 10.7 Å². The van der Waals surface area contributed by atoms with E-state index in [0.717, 1.165) is 11.5 Å². The number of hydrazine groups is 1. The summed E-state index contributed by atoms with van der Waals surface area (Å²) in [7, 11) is 0. The van der Waals surface area contributed by atoms with E-state index in [1.807, 2.05) is 0 Å². The number of nitrogens with one attached hydrogen (secondary N) is 1. The Bertz CT molecular complexity index is 284. The summed E-state index contributed by atoms with van der Waals surface area (Å²) in [5.41, 5.74) is 2.55. The third kappa shape index (κ3) is 1.28. The second-order valence-electron chi connectivity index (χ2n) is 1.85. The highest BCUT2D eigenvalue weighted by atomic mass is 32.1. The van der Waals surface area contributed by atoms with Crippen LogP contribution in [0.25, 0.3) is 0 Å². The summed E-state index contributed by atoms with van der Waals surface area (Å²) >= 11 is 0.977. The van der Waals surface area contributed by atoms with Gasteiger partial charge in [0.25, 0.3) is 0 Å². The molecular formula is C4H6N4O2S. The van der Waals surface area contributed by atoms with E-state index in [4.69, 9.17) is 5.84 Å². The molecule has 0 saturated carbocycles. The summed E-state index contributed by atoms with van der Waals surface area (Å²) in [6, 6.07) is 0. The maximum absolute atomic E-state index is 10.3. The fourth-order valence-electron chi connectivity index (χ4n) is 0.675. The van der Waals surface area contributed by atoms with Crippen molar-refractivity contribution in [1.82, 2.24) is 4.37 Å². The van der Waals surface area contributed by atoms with Gasteiger partial charge in [-0.3, -0.25) is 10.1 Å². The standard InChI is InChI=1S/C4H6N4O2S/c1-2-3(8(9)10)4(6-5)11-7-2/h6H,5H2,1H3. The van der Waals surface area contributed by atoms with Crippen molar-refractivity contribution in [3.8, 4) is 0 Å². The molecule has 1 aromatic rings. The van der Waals surface area contributed by atoms with Crippen LogP contribution in [0.4, 0.5) is 10.7 Å². The van der Waals surface area contributed by atoms with Gasteiger partial charge >= 0.3 is 5.69 Å². The van der Waals surface area contributed by atoms with Crippen molar-refractivity contribution in [2.75, 3.05) is 5.43 Å². The third-order valence-electron chi connectivity index (χ3n) is 1.15. The molecule has 0 aliphatic rings. The van der Waals surface area contributed by atoms with Crippen molar-refractivity contribution in [1.29, 1.82) is 0 Å². The lowest BCUT2D eigenvalue weighted by atomic mass is 10.4. The van der Waals surface area contributed by atoms with E-state index < -0.39 is 4.92 Å². The van der Waals surface area contributed by atoms with Gasteiger partial charge in [-0.25, -0.2) is 5.84 Å². The van der Waals surface area contributed by atoms with Gasteiger partial charge in [-0.05, 0) is 18.5 Å². The van der Waals surface area contributed by atoms with Crippen LogP contribution in [0.15, 0.2) is 0 Å². The second-order valence-corrected chi connectivity index (χ2v) is 2.62. The lowest BCUT2D eigenvalue weighted by Gasteiger charge is -1.91. The lowest BCUT2D eigenvalue weighted by molar-refractivity contribution is -0.384. The van der Waals surface area contributed by atoms with Crippen LogP contribution in [0.3, 0.4) is 0 Å². The Hall–Kier alpha value is -1.21. The van der Waals surface area contributed by atoms with E-state index in [2.05, 4.69) is 9.80 Å². The van der Waals surface area contributed by atoms with Gasteiger partial charge in [0.2, 0.25) is 5.00 Å². The summed E-state index contributed by atoms with van der Waals surface area (Å²) < 4.78 is 3.77. The Labute approximate surface area is 66.3 Å². The van der Waals surface area contributed by atoms with Gasteiger partial charge in [-0.15, -0.1) is 0 Å². The number of aryl methyl sites for hydroxylation is 1. The average Bonchev–Trinajstić information content (AvgIpc) is 2.30. The molecule has 1 heterocycles. The van der Waals surface area contributed by atoms with Gasteiger partial charge in [0.1, 0.15) is 5.69 Å². The van der Waals surface area contributed by atoms with Gasteiger partial charge in [0.15, 0.2) is 0 Å². The second kappa shape index (κ2) is 2.81. The van der Waals surface area contributed by atoms with E-state index in [9.17, 15) is 10.1 Å². The Morgan fingerprint density at radius 1 is 1.82 bits per heavy atom. The minimum Gasteiger partial charge on any atom is -0.308 e. The molecule has 0 aromatic carbocycles. The van der Waals surface area contributed by atoms with Crippen LogP contribution in [0, 0.1) is 17.0 Å². The van der Waals surface area contributed by atoms with Crippen molar-refractivity contribution in [3.05, 3.63) is 15.8 Å². The summed E-state index contributed by atoms with van der Waals surface area (Å²) in [5.74, 6) is 5.02. The smallest absolute Gasteiger partial charge is 0.308 e. The van der Waals surface area contributed by atoms with Crippen LogP contribution in [-0.2, 0) is 0 Å². The zero-order valence-corrected chi connectivity index (χ0v) is 6.51. The molecule has 3 N–H and O–H groups in total. The minimum atomic E-state index is -0.506. The molecule has 0 aliphatic heterocycles. The van der Waals surface area contributed by atoms with Crippen LogP contribution in [0.1, 0.15) is 5.69 Å². The van der Waals surface area contributed by atoms with Crippen LogP contribution in [0.2, 0.25) is 0 Å². The fraction of sp³-hybridized carbons (Fsp3) is 0.250. The first-order valence-electron chi connectivity index (χ1n) is 2.74. The highest BCUT2D eigenvalue weighted by Gasteiger charge is 2.20. The van der Waals surface area contributed by atoms with E-state index in [0.29, 0.717) is 5.69 Å². The Morgan fingerprint density at radius 3 is 2.82 bits per heavy atom. The monoisotopic (exact) mass is 174 g/mol. The van der Waals surface area contributed by atoms with E-state index in [1.165, 1.54) is 0 Å². The summed E-state index contributed by atoms with van der Waals surface area (Å²) in [6.45, 7) is 1.56. The number of anilines is 1. The van der Waals surface area contributed by atoms with Gasteiger partial charge in [0, 0.05) is 0 Å². The molecule has 0 atom stereocenters. The maximum Gasteiger partial charge on any atom is 0.327 e. The van der Waals surface area contributed by atoms with Crippen LogP contribution in [0.5, 0.6) is 0 Å². The number of hydrogen-bond acceptors (Lipinski definition) is 6. The van der Waals surface area contributed by atoms with Gasteiger partial charge in [0.05, 0.1) is 4.92 Å². The number of rotatable bonds is 2. The van der Waals surface area contributed by atoms with Gasteiger partial charge in [-0.2, -0.15) is 4.37 Å². The zero-order chi connectivity index (χ0) is 8.43.